The molecule has 1 aliphatic rings. The number of carbonyl (C=O) groups is 2. The molecule has 158 valence electrons. The number of para-hydroxylation sites is 1. The van der Waals surface area contributed by atoms with E-state index in [9.17, 15) is 32.3 Å². The van der Waals surface area contributed by atoms with Gasteiger partial charge in [0.2, 0.25) is 0 Å². The SMILES string of the molecule is O=C(N[C@]1(C(F)(F)F)C(=O)Nc2c1c(=O)[nH]c(=O)n2-c1ccccc1)c1cccnc1. The summed E-state index contributed by atoms with van der Waals surface area (Å²) in [5.41, 5.74) is -7.57. The lowest BCUT2D eigenvalue weighted by Gasteiger charge is -2.30. The van der Waals surface area contributed by atoms with Crippen LogP contribution in [0.5, 0.6) is 0 Å². The molecule has 0 radical (unpaired) electrons. The van der Waals surface area contributed by atoms with Crippen LogP contribution in [-0.2, 0) is 10.3 Å². The summed E-state index contributed by atoms with van der Waals surface area (Å²) in [6.07, 6.45) is -3.12. The normalized spacial score (nSPS) is 17.7. The highest BCUT2D eigenvalue weighted by Crippen LogP contribution is 2.45. The molecule has 0 aliphatic carbocycles. The summed E-state index contributed by atoms with van der Waals surface area (Å²) in [6.45, 7) is 0. The van der Waals surface area contributed by atoms with Crippen molar-refractivity contribution in [2.24, 2.45) is 0 Å². The molecule has 1 aromatic carbocycles. The fourth-order valence-corrected chi connectivity index (χ4v) is 3.34. The maximum Gasteiger partial charge on any atom is 0.425 e. The van der Waals surface area contributed by atoms with Gasteiger partial charge in [-0.05, 0) is 24.3 Å². The second-order valence-electron chi connectivity index (χ2n) is 6.55. The van der Waals surface area contributed by atoms with Gasteiger partial charge in [0.1, 0.15) is 11.4 Å². The highest BCUT2D eigenvalue weighted by molar-refractivity contribution is 6.09. The molecular weight excluding hydrogens is 419 g/mol. The summed E-state index contributed by atoms with van der Waals surface area (Å²) in [7, 11) is 0. The third kappa shape index (κ3) is 2.99. The second-order valence-corrected chi connectivity index (χ2v) is 6.55. The van der Waals surface area contributed by atoms with Crippen LogP contribution in [0.1, 0.15) is 15.9 Å². The van der Waals surface area contributed by atoms with Gasteiger partial charge >= 0.3 is 11.9 Å². The number of fused-ring (bicyclic) bond motifs is 1. The number of benzene rings is 1. The molecule has 2 aromatic heterocycles. The minimum absolute atomic E-state index is 0.0943. The van der Waals surface area contributed by atoms with Crippen LogP contribution in [0, 0.1) is 0 Å². The summed E-state index contributed by atoms with van der Waals surface area (Å²) >= 11 is 0. The topological polar surface area (TPSA) is 126 Å². The van der Waals surface area contributed by atoms with Gasteiger partial charge < -0.3 is 10.6 Å². The molecule has 3 aromatic rings. The van der Waals surface area contributed by atoms with Crippen LogP contribution in [0.4, 0.5) is 19.0 Å². The number of nitrogens with zero attached hydrogens (tertiary/aromatic N) is 2. The van der Waals surface area contributed by atoms with E-state index >= 15 is 0 Å². The van der Waals surface area contributed by atoms with Crippen molar-refractivity contribution in [2.75, 3.05) is 5.32 Å². The van der Waals surface area contributed by atoms with Crippen molar-refractivity contribution in [1.82, 2.24) is 19.9 Å². The molecule has 0 spiro atoms. The standard InChI is InChI=1S/C19H12F3N5O4/c20-19(21,22)18(26-14(28)10-5-4-8-23-9-10)12-13(24-16(18)30)27(17(31)25-15(12)29)11-6-2-1-3-7-11/h1-9H,(H,24,30)(H,26,28)(H,25,29,31)/t18-/m0/s1. The van der Waals surface area contributed by atoms with Crippen molar-refractivity contribution in [2.45, 2.75) is 11.7 Å². The Kier molecular flexibility index (Phi) is 4.49. The zero-order valence-electron chi connectivity index (χ0n) is 15.4. The van der Waals surface area contributed by atoms with Gasteiger partial charge in [-0.2, -0.15) is 13.2 Å². The maximum absolute atomic E-state index is 14.3. The zero-order valence-corrected chi connectivity index (χ0v) is 15.4. The molecule has 0 fully saturated rings. The van der Waals surface area contributed by atoms with Gasteiger partial charge in [-0.25, -0.2) is 9.36 Å². The van der Waals surface area contributed by atoms with E-state index in [4.69, 9.17) is 0 Å². The number of halogens is 3. The van der Waals surface area contributed by atoms with Crippen molar-refractivity contribution < 1.29 is 22.8 Å². The highest BCUT2D eigenvalue weighted by Gasteiger charge is 2.68. The molecule has 0 bridgehead atoms. The van der Waals surface area contributed by atoms with Crippen molar-refractivity contribution in [3.8, 4) is 5.69 Å². The van der Waals surface area contributed by atoms with E-state index in [1.807, 2.05) is 5.32 Å². The third-order valence-electron chi connectivity index (χ3n) is 4.72. The number of rotatable bonds is 3. The third-order valence-corrected chi connectivity index (χ3v) is 4.72. The Hall–Kier alpha value is -4.22. The van der Waals surface area contributed by atoms with Crippen LogP contribution >= 0.6 is 0 Å². The van der Waals surface area contributed by atoms with Gasteiger partial charge in [0.15, 0.2) is 0 Å². The number of H-pyrrole nitrogens is 1. The minimum atomic E-state index is -5.42. The monoisotopic (exact) mass is 431 g/mol. The number of anilines is 1. The van der Waals surface area contributed by atoms with E-state index in [-0.39, 0.29) is 11.3 Å². The fourth-order valence-electron chi connectivity index (χ4n) is 3.34. The highest BCUT2D eigenvalue weighted by atomic mass is 19.4. The van der Waals surface area contributed by atoms with Crippen LogP contribution in [0.2, 0.25) is 0 Å². The number of aromatic nitrogens is 3. The van der Waals surface area contributed by atoms with Crippen LogP contribution in [0.25, 0.3) is 5.69 Å². The first-order valence-corrected chi connectivity index (χ1v) is 8.73. The molecule has 1 atom stereocenters. The van der Waals surface area contributed by atoms with Crippen LogP contribution in [-0.4, -0.2) is 32.5 Å². The first-order valence-electron chi connectivity index (χ1n) is 8.73. The Morgan fingerprint density at radius 3 is 2.39 bits per heavy atom. The second kappa shape index (κ2) is 6.93. The number of carbonyl (C=O) groups excluding carboxylic acids is 2. The van der Waals surface area contributed by atoms with E-state index in [1.54, 1.807) is 16.4 Å². The van der Waals surface area contributed by atoms with Crippen LogP contribution in [0.3, 0.4) is 0 Å². The number of aromatic amines is 1. The Bertz CT molecular complexity index is 1300. The quantitative estimate of drug-likeness (QED) is 0.572. The number of hydrogen-bond donors (Lipinski definition) is 3. The lowest BCUT2D eigenvalue weighted by atomic mass is 9.91. The van der Waals surface area contributed by atoms with Crippen molar-refractivity contribution in [3.63, 3.8) is 0 Å². The van der Waals surface area contributed by atoms with Crippen molar-refractivity contribution >= 4 is 17.6 Å². The number of nitrogens with one attached hydrogen (secondary N) is 3. The van der Waals surface area contributed by atoms with Gasteiger partial charge in [-0.3, -0.25) is 24.4 Å². The van der Waals surface area contributed by atoms with Gasteiger partial charge in [0.05, 0.1) is 11.3 Å². The Balaban J connectivity index is 1.99. The van der Waals surface area contributed by atoms with E-state index in [1.165, 1.54) is 42.6 Å². The molecule has 0 unspecified atom stereocenters. The minimum Gasteiger partial charge on any atom is -0.326 e. The summed E-state index contributed by atoms with van der Waals surface area (Å²) in [4.78, 5) is 55.6. The molecule has 0 saturated heterocycles. The predicted octanol–water partition coefficient (Wildman–Crippen LogP) is 1.06. The average molecular weight is 431 g/mol. The van der Waals surface area contributed by atoms with Crippen molar-refractivity contribution in [1.29, 1.82) is 0 Å². The molecule has 9 nitrogen and oxygen atoms in total. The Morgan fingerprint density at radius 1 is 1.06 bits per heavy atom. The molecule has 3 N–H and O–H groups in total. The zero-order chi connectivity index (χ0) is 22.4. The molecule has 3 heterocycles. The molecule has 12 heteroatoms. The van der Waals surface area contributed by atoms with Gasteiger partial charge in [0.25, 0.3) is 22.9 Å². The largest absolute Gasteiger partial charge is 0.425 e. The van der Waals surface area contributed by atoms with Gasteiger partial charge in [0, 0.05) is 12.4 Å². The summed E-state index contributed by atoms with van der Waals surface area (Å²) in [6, 6.07) is 9.93. The lowest BCUT2D eigenvalue weighted by molar-refractivity contribution is -0.196. The van der Waals surface area contributed by atoms with Crippen LogP contribution < -0.4 is 21.9 Å². The summed E-state index contributed by atoms with van der Waals surface area (Å²) in [5.74, 6) is -3.70. The number of pyridine rings is 1. The number of amides is 2. The average Bonchev–Trinajstić information content (AvgIpc) is 3.02. The molecule has 2 amide bonds. The van der Waals surface area contributed by atoms with E-state index in [0.717, 1.165) is 10.8 Å². The molecule has 1 aliphatic heterocycles. The fraction of sp³-hybridized carbons (Fsp3) is 0.105. The van der Waals surface area contributed by atoms with Gasteiger partial charge in [-0.1, -0.05) is 18.2 Å². The van der Waals surface area contributed by atoms with E-state index in [0.29, 0.717) is 0 Å². The van der Waals surface area contributed by atoms with E-state index in [2.05, 4.69) is 4.98 Å². The van der Waals surface area contributed by atoms with E-state index < -0.39 is 46.2 Å². The van der Waals surface area contributed by atoms with Crippen molar-refractivity contribution in [3.05, 3.63) is 86.8 Å². The first kappa shape index (κ1) is 20.1. The Labute approximate surface area is 170 Å². The number of alkyl halides is 3. The Morgan fingerprint density at radius 2 is 1.77 bits per heavy atom. The summed E-state index contributed by atoms with van der Waals surface area (Å²) in [5, 5.41) is 3.60. The molecule has 0 saturated carbocycles. The lowest BCUT2D eigenvalue weighted by Crippen LogP contribution is -2.62. The number of hydrogen-bond acceptors (Lipinski definition) is 5. The maximum atomic E-state index is 14.3. The molecule has 4 rings (SSSR count). The molecular formula is C19H12F3N5O4. The summed E-state index contributed by atoms with van der Waals surface area (Å²) < 4.78 is 43.6. The van der Waals surface area contributed by atoms with Gasteiger partial charge in [-0.15, -0.1) is 0 Å². The first-order chi connectivity index (χ1) is 14.7. The predicted molar refractivity (Wildman–Crippen MR) is 101 cm³/mol. The smallest absolute Gasteiger partial charge is 0.326 e. The van der Waals surface area contributed by atoms with Crippen LogP contribution in [0.15, 0.2) is 64.4 Å². The molecule has 31 heavy (non-hydrogen) atoms.